The SMILES string of the molecule is N#CCOc1ccccc1[C@H]1NN=C(c2ccccc2)S1. The van der Waals surface area contributed by atoms with E-state index in [0.29, 0.717) is 5.75 Å². The van der Waals surface area contributed by atoms with Crippen LogP contribution in [0.4, 0.5) is 0 Å². The molecule has 21 heavy (non-hydrogen) atoms. The van der Waals surface area contributed by atoms with Gasteiger partial charge in [-0.3, -0.25) is 5.43 Å². The molecule has 2 aromatic rings. The van der Waals surface area contributed by atoms with Crippen molar-refractivity contribution in [1.29, 1.82) is 5.26 Å². The summed E-state index contributed by atoms with van der Waals surface area (Å²) in [6.45, 7) is 0.0425. The van der Waals surface area contributed by atoms with Crippen molar-refractivity contribution >= 4 is 16.8 Å². The van der Waals surface area contributed by atoms with Crippen LogP contribution >= 0.6 is 11.8 Å². The van der Waals surface area contributed by atoms with E-state index < -0.39 is 0 Å². The first kappa shape index (κ1) is 13.5. The predicted octanol–water partition coefficient (Wildman–Crippen LogP) is 3.29. The van der Waals surface area contributed by atoms with Gasteiger partial charge in [0, 0.05) is 11.1 Å². The largest absolute Gasteiger partial charge is 0.478 e. The molecule has 1 N–H and O–H groups in total. The highest BCUT2D eigenvalue weighted by atomic mass is 32.2. The number of hydrogen-bond acceptors (Lipinski definition) is 5. The molecule has 0 bridgehead atoms. The number of rotatable bonds is 4. The minimum Gasteiger partial charge on any atom is -0.478 e. The van der Waals surface area contributed by atoms with Crippen LogP contribution in [0.25, 0.3) is 0 Å². The summed E-state index contributed by atoms with van der Waals surface area (Å²) in [6.07, 6.45) is 0. The predicted molar refractivity (Wildman–Crippen MR) is 84.0 cm³/mol. The second-order valence-electron chi connectivity index (χ2n) is 4.39. The number of hydrogen-bond donors (Lipinski definition) is 1. The number of ether oxygens (including phenoxy) is 1. The van der Waals surface area contributed by atoms with Crippen molar-refractivity contribution in [3.05, 3.63) is 65.7 Å². The lowest BCUT2D eigenvalue weighted by atomic mass is 10.2. The molecule has 0 saturated heterocycles. The van der Waals surface area contributed by atoms with Crippen LogP contribution in [0.2, 0.25) is 0 Å². The highest BCUT2D eigenvalue weighted by Gasteiger charge is 2.24. The normalized spacial score (nSPS) is 16.7. The molecule has 5 heteroatoms. The molecule has 3 rings (SSSR count). The summed E-state index contributed by atoms with van der Waals surface area (Å²) in [5.74, 6) is 0.716. The van der Waals surface area contributed by atoms with Crippen molar-refractivity contribution in [2.45, 2.75) is 5.37 Å². The summed E-state index contributed by atoms with van der Waals surface area (Å²) in [4.78, 5) is 0. The molecule has 0 saturated carbocycles. The van der Waals surface area contributed by atoms with Gasteiger partial charge in [0.2, 0.25) is 0 Å². The number of nitrogens with zero attached hydrogens (tertiary/aromatic N) is 2. The van der Waals surface area contributed by atoms with Crippen LogP contribution in [0, 0.1) is 11.3 Å². The van der Waals surface area contributed by atoms with Gasteiger partial charge in [0.1, 0.15) is 22.2 Å². The van der Waals surface area contributed by atoms with E-state index in [0.717, 1.165) is 16.2 Å². The van der Waals surface area contributed by atoms with E-state index in [-0.39, 0.29) is 12.0 Å². The van der Waals surface area contributed by atoms with Gasteiger partial charge in [-0.2, -0.15) is 10.4 Å². The van der Waals surface area contributed by atoms with E-state index in [2.05, 4.69) is 10.5 Å². The van der Waals surface area contributed by atoms with Crippen molar-refractivity contribution in [2.24, 2.45) is 5.10 Å². The van der Waals surface area contributed by atoms with Crippen molar-refractivity contribution in [2.75, 3.05) is 6.61 Å². The molecule has 104 valence electrons. The standard InChI is InChI=1S/C16H13N3OS/c17-10-11-20-14-9-5-4-8-13(14)16-19-18-15(21-16)12-6-2-1-3-7-12/h1-9,16,19H,11H2/t16-/m0/s1. The van der Waals surface area contributed by atoms with E-state index in [1.807, 2.05) is 60.7 Å². The molecule has 1 aliphatic heterocycles. The van der Waals surface area contributed by atoms with Crippen LogP contribution in [0.3, 0.4) is 0 Å². The van der Waals surface area contributed by atoms with Gasteiger partial charge in [-0.05, 0) is 6.07 Å². The minimum absolute atomic E-state index is 0.00454. The van der Waals surface area contributed by atoms with Crippen LogP contribution in [0.5, 0.6) is 5.75 Å². The Bertz CT molecular complexity index is 694. The van der Waals surface area contributed by atoms with Crippen molar-refractivity contribution in [3.8, 4) is 11.8 Å². The monoisotopic (exact) mass is 295 g/mol. The molecule has 0 fully saturated rings. The summed E-state index contributed by atoms with van der Waals surface area (Å²) in [5.41, 5.74) is 5.21. The zero-order valence-corrected chi connectivity index (χ0v) is 12.0. The molecule has 0 amide bonds. The smallest absolute Gasteiger partial charge is 0.174 e. The van der Waals surface area contributed by atoms with Crippen LogP contribution in [0.1, 0.15) is 16.5 Å². The highest BCUT2D eigenvalue weighted by molar-refractivity contribution is 8.14. The summed E-state index contributed by atoms with van der Waals surface area (Å²) in [6, 6.07) is 19.7. The zero-order chi connectivity index (χ0) is 14.5. The Balaban J connectivity index is 1.78. The molecule has 0 aromatic heterocycles. The first-order valence-electron chi connectivity index (χ1n) is 6.52. The van der Waals surface area contributed by atoms with Gasteiger partial charge in [-0.1, -0.05) is 60.3 Å². The summed E-state index contributed by atoms with van der Waals surface area (Å²) >= 11 is 1.64. The van der Waals surface area contributed by atoms with Crippen molar-refractivity contribution in [1.82, 2.24) is 5.43 Å². The maximum atomic E-state index is 8.66. The first-order chi connectivity index (χ1) is 10.4. The molecular weight excluding hydrogens is 282 g/mol. The quantitative estimate of drug-likeness (QED) is 0.940. The average Bonchev–Trinajstić information content (AvgIpc) is 3.04. The van der Waals surface area contributed by atoms with Gasteiger partial charge in [0.15, 0.2) is 6.61 Å². The number of nitriles is 1. The number of nitrogens with one attached hydrogen (secondary N) is 1. The zero-order valence-electron chi connectivity index (χ0n) is 11.2. The molecule has 1 aliphatic rings. The Morgan fingerprint density at radius 3 is 2.71 bits per heavy atom. The lowest BCUT2D eigenvalue weighted by Gasteiger charge is -2.14. The lowest BCUT2D eigenvalue weighted by Crippen LogP contribution is -2.09. The van der Waals surface area contributed by atoms with Crippen LogP contribution in [0.15, 0.2) is 59.7 Å². The van der Waals surface area contributed by atoms with Crippen LogP contribution in [-0.4, -0.2) is 11.7 Å². The van der Waals surface area contributed by atoms with Gasteiger partial charge < -0.3 is 4.74 Å². The van der Waals surface area contributed by atoms with E-state index in [1.54, 1.807) is 11.8 Å². The molecule has 1 heterocycles. The van der Waals surface area contributed by atoms with Gasteiger partial charge >= 0.3 is 0 Å². The van der Waals surface area contributed by atoms with Gasteiger partial charge in [-0.15, -0.1) is 0 Å². The molecule has 1 atom stereocenters. The Labute approximate surface area is 127 Å². The Morgan fingerprint density at radius 1 is 1.14 bits per heavy atom. The van der Waals surface area contributed by atoms with Crippen LogP contribution in [-0.2, 0) is 0 Å². The highest BCUT2D eigenvalue weighted by Crippen LogP contribution is 2.38. The Hall–Kier alpha value is -2.45. The van der Waals surface area contributed by atoms with Gasteiger partial charge in [0.05, 0.1) is 0 Å². The third-order valence-corrected chi connectivity index (χ3v) is 4.17. The maximum absolute atomic E-state index is 8.66. The second-order valence-corrected chi connectivity index (χ2v) is 5.49. The Morgan fingerprint density at radius 2 is 1.90 bits per heavy atom. The van der Waals surface area contributed by atoms with Crippen molar-refractivity contribution < 1.29 is 4.74 Å². The lowest BCUT2D eigenvalue weighted by molar-refractivity contribution is 0.362. The molecule has 0 unspecified atom stereocenters. The number of thioether (sulfide) groups is 1. The number of hydrazone groups is 1. The fourth-order valence-corrected chi connectivity index (χ4v) is 3.09. The Kier molecular flexibility index (Phi) is 4.08. The summed E-state index contributed by atoms with van der Waals surface area (Å²) < 4.78 is 5.47. The molecular formula is C16H13N3OS. The molecule has 2 aromatic carbocycles. The van der Waals surface area contributed by atoms with E-state index in [9.17, 15) is 0 Å². The van der Waals surface area contributed by atoms with Crippen LogP contribution < -0.4 is 10.2 Å². The maximum Gasteiger partial charge on any atom is 0.174 e. The van der Waals surface area contributed by atoms with E-state index in [1.165, 1.54) is 0 Å². The summed E-state index contributed by atoms with van der Waals surface area (Å²) in [7, 11) is 0. The fourth-order valence-electron chi connectivity index (χ4n) is 2.07. The molecule has 0 aliphatic carbocycles. The molecule has 0 radical (unpaired) electrons. The minimum atomic E-state index is -0.00454. The molecule has 4 nitrogen and oxygen atoms in total. The molecule has 0 spiro atoms. The van der Waals surface area contributed by atoms with Gasteiger partial charge in [-0.25, -0.2) is 0 Å². The summed E-state index contributed by atoms with van der Waals surface area (Å²) in [5, 5.41) is 14.0. The number of para-hydroxylation sites is 1. The number of benzene rings is 2. The van der Waals surface area contributed by atoms with Gasteiger partial charge in [0.25, 0.3) is 0 Å². The topological polar surface area (TPSA) is 57.4 Å². The van der Waals surface area contributed by atoms with E-state index >= 15 is 0 Å². The first-order valence-corrected chi connectivity index (χ1v) is 7.40. The van der Waals surface area contributed by atoms with Crippen molar-refractivity contribution in [3.63, 3.8) is 0 Å². The second kappa shape index (κ2) is 6.33. The third-order valence-electron chi connectivity index (χ3n) is 3.03. The fraction of sp³-hybridized carbons (Fsp3) is 0.125. The third kappa shape index (κ3) is 3.01. The average molecular weight is 295 g/mol. The van der Waals surface area contributed by atoms with E-state index in [4.69, 9.17) is 10.00 Å².